The maximum Gasteiger partial charge on any atom is 0.321 e. The Balaban J connectivity index is 1.74. The highest BCUT2D eigenvalue weighted by molar-refractivity contribution is 5.95. The molecule has 3 N–H and O–H groups in total. The van der Waals surface area contributed by atoms with E-state index in [-0.39, 0.29) is 24.1 Å². The van der Waals surface area contributed by atoms with Gasteiger partial charge in [0.25, 0.3) is 0 Å². The number of nitrogens with zero attached hydrogens (tertiary/aromatic N) is 1. The van der Waals surface area contributed by atoms with Gasteiger partial charge in [0.15, 0.2) is 0 Å². The van der Waals surface area contributed by atoms with Crippen molar-refractivity contribution in [2.75, 3.05) is 23.7 Å². The molecule has 2 atom stereocenters. The number of anilines is 2. The number of hydrogen-bond acceptors (Lipinski definition) is 3. The van der Waals surface area contributed by atoms with Crippen LogP contribution in [-0.2, 0) is 16.0 Å². The van der Waals surface area contributed by atoms with E-state index in [1.54, 1.807) is 0 Å². The first-order chi connectivity index (χ1) is 11.8. The van der Waals surface area contributed by atoms with Crippen LogP contribution in [-0.4, -0.2) is 41.0 Å². The van der Waals surface area contributed by atoms with Gasteiger partial charge in [-0.2, -0.15) is 0 Å². The van der Waals surface area contributed by atoms with E-state index in [9.17, 15) is 23.9 Å². The fraction of sp³-hybridized carbons (Fsp3) is 0.471. The molecule has 0 aliphatic carbocycles. The molecule has 1 aromatic carbocycles. The van der Waals surface area contributed by atoms with Crippen molar-refractivity contribution in [2.24, 2.45) is 11.8 Å². The summed E-state index contributed by atoms with van der Waals surface area (Å²) in [5, 5.41) is 14.3. The summed E-state index contributed by atoms with van der Waals surface area (Å²) in [6.07, 6.45) is 1.31. The van der Waals surface area contributed by atoms with Gasteiger partial charge < -0.3 is 20.6 Å². The third-order valence-electron chi connectivity index (χ3n) is 4.63. The average Bonchev–Trinajstić information content (AvgIpc) is 2.55. The highest BCUT2D eigenvalue weighted by Gasteiger charge is 2.32. The van der Waals surface area contributed by atoms with Gasteiger partial charge in [-0.25, -0.2) is 9.18 Å². The number of carbonyl (C=O) groups is 3. The molecule has 2 aliphatic heterocycles. The molecule has 0 aromatic heterocycles. The quantitative estimate of drug-likeness (QED) is 0.763. The predicted molar refractivity (Wildman–Crippen MR) is 88.8 cm³/mol. The number of amides is 3. The molecule has 3 amide bonds. The second-order valence-corrected chi connectivity index (χ2v) is 6.75. The first-order valence-electron chi connectivity index (χ1n) is 8.24. The van der Waals surface area contributed by atoms with Gasteiger partial charge in [0, 0.05) is 25.2 Å². The van der Waals surface area contributed by atoms with Crippen LogP contribution in [0.25, 0.3) is 0 Å². The van der Waals surface area contributed by atoms with Crippen LogP contribution in [0, 0.1) is 17.7 Å². The van der Waals surface area contributed by atoms with E-state index in [4.69, 9.17) is 0 Å². The largest absolute Gasteiger partial charge is 0.481 e. The Morgan fingerprint density at radius 3 is 2.80 bits per heavy atom. The molecule has 0 bridgehead atoms. The van der Waals surface area contributed by atoms with E-state index in [0.717, 1.165) is 5.56 Å². The third kappa shape index (κ3) is 3.72. The number of urea groups is 1. The van der Waals surface area contributed by atoms with Gasteiger partial charge in [-0.1, -0.05) is 6.92 Å². The molecule has 1 saturated heterocycles. The van der Waals surface area contributed by atoms with E-state index in [2.05, 4.69) is 10.6 Å². The van der Waals surface area contributed by atoms with Crippen LogP contribution in [0.2, 0.25) is 0 Å². The lowest BCUT2D eigenvalue weighted by Crippen LogP contribution is -2.47. The molecule has 0 spiro atoms. The first kappa shape index (κ1) is 17.2. The van der Waals surface area contributed by atoms with Crippen molar-refractivity contribution in [3.63, 3.8) is 0 Å². The minimum Gasteiger partial charge on any atom is -0.481 e. The monoisotopic (exact) mass is 349 g/mol. The number of halogens is 1. The summed E-state index contributed by atoms with van der Waals surface area (Å²) in [5.41, 5.74) is 1.21. The van der Waals surface area contributed by atoms with Crippen molar-refractivity contribution in [2.45, 2.75) is 26.2 Å². The van der Waals surface area contributed by atoms with E-state index in [1.807, 2.05) is 6.92 Å². The number of piperidine rings is 1. The lowest BCUT2D eigenvalue weighted by molar-refractivity contribution is -0.143. The summed E-state index contributed by atoms with van der Waals surface area (Å²) in [6.45, 7) is 2.42. The Kier molecular flexibility index (Phi) is 4.61. The molecule has 0 radical (unpaired) electrons. The molecule has 25 heavy (non-hydrogen) atoms. The first-order valence-corrected chi connectivity index (χ1v) is 8.24. The number of benzene rings is 1. The molecule has 8 heteroatoms. The summed E-state index contributed by atoms with van der Waals surface area (Å²) < 4.78 is 14.2. The zero-order valence-corrected chi connectivity index (χ0v) is 13.8. The van der Waals surface area contributed by atoms with Gasteiger partial charge >= 0.3 is 12.0 Å². The van der Waals surface area contributed by atoms with E-state index in [0.29, 0.717) is 31.5 Å². The van der Waals surface area contributed by atoms with Crippen molar-refractivity contribution in [3.05, 3.63) is 23.5 Å². The number of likely N-dealkylation sites (tertiary alicyclic amines) is 1. The molecule has 134 valence electrons. The van der Waals surface area contributed by atoms with Crippen LogP contribution < -0.4 is 10.6 Å². The van der Waals surface area contributed by atoms with Gasteiger partial charge in [0.2, 0.25) is 5.91 Å². The Bertz CT molecular complexity index is 737. The summed E-state index contributed by atoms with van der Waals surface area (Å²) >= 11 is 0. The molecule has 2 heterocycles. The van der Waals surface area contributed by atoms with Crippen LogP contribution in [0.15, 0.2) is 12.1 Å². The molecular weight excluding hydrogens is 329 g/mol. The maximum atomic E-state index is 14.2. The van der Waals surface area contributed by atoms with Crippen LogP contribution >= 0.6 is 0 Å². The van der Waals surface area contributed by atoms with Crippen molar-refractivity contribution in [1.82, 2.24) is 4.90 Å². The van der Waals surface area contributed by atoms with Crippen molar-refractivity contribution >= 4 is 29.3 Å². The average molecular weight is 349 g/mol. The molecular formula is C17H20FN3O4. The standard InChI is InChI=1S/C17H20FN3O4/c1-9-4-11(16(23)24)8-21(7-9)17(25)20-14-5-10-2-3-15(22)19-13(10)6-12(14)18/h5-6,9,11H,2-4,7-8H2,1H3,(H,19,22)(H,20,25)(H,23,24). The molecule has 1 fully saturated rings. The Labute approximate surface area is 144 Å². The summed E-state index contributed by atoms with van der Waals surface area (Å²) in [7, 11) is 0. The SMILES string of the molecule is CC1CC(C(=O)O)CN(C(=O)Nc2cc3c(cc2F)NC(=O)CC3)C1. The van der Waals surface area contributed by atoms with Crippen molar-refractivity contribution < 1.29 is 23.9 Å². The Morgan fingerprint density at radius 1 is 1.32 bits per heavy atom. The molecule has 7 nitrogen and oxygen atoms in total. The van der Waals surface area contributed by atoms with E-state index >= 15 is 0 Å². The highest BCUT2D eigenvalue weighted by atomic mass is 19.1. The number of rotatable bonds is 2. The molecule has 2 unspecified atom stereocenters. The fourth-order valence-electron chi connectivity index (χ4n) is 3.39. The topological polar surface area (TPSA) is 98.7 Å². The normalized spacial score (nSPS) is 22.8. The van der Waals surface area contributed by atoms with Crippen molar-refractivity contribution in [1.29, 1.82) is 0 Å². The smallest absolute Gasteiger partial charge is 0.321 e. The van der Waals surface area contributed by atoms with Crippen molar-refractivity contribution in [3.8, 4) is 0 Å². The number of aryl methyl sites for hydroxylation is 1. The number of fused-ring (bicyclic) bond motifs is 1. The molecule has 3 rings (SSSR count). The Morgan fingerprint density at radius 2 is 2.08 bits per heavy atom. The van der Waals surface area contributed by atoms with Crippen LogP contribution in [0.1, 0.15) is 25.3 Å². The zero-order chi connectivity index (χ0) is 18.1. The van der Waals surface area contributed by atoms with Crippen LogP contribution in [0.5, 0.6) is 0 Å². The number of carboxylic acids is 1. The predicted octanol–water partition coefficient (Wildman–Crippen LogP) is 2.28. The minimum absolute atomic E-state index is 0.0324. The van der Waals surface area contributed by atoms with E-state index in [1.165, 1.54) is 17.0 Å². The zero-order valence-electron chi connectivity index (χ0n) is 13.8. The van der Waals surface area contributed by atoms with Crippen LogP contribution in [0.3, 0.4) is 0 Å². The van der Waals surface area contributed by atoms with Gasteiger partial charge in [0.1, 0.15) is 5.82 Å². The maximum absolute atomic E-state index is 14.2. The van der Waals surface area contributed by atoms with Crippen LogP contribution in [0.4, 0.5) is 20.6 Å². The highest BCUT2D eigenvalue weighted by Crippen LogP contribution is 2.29. The van der Waals surface area contributed by atoms with Gasteiger partial charge in [-0.15, -0.1) is 0 Å². The number of nitrogens with one attached hydrogen (secondary N) is 2. The van der Waals surface area contributed by atoms with E-state index < -0.39 is 23.7 Å². The molecule has 1 aromatic rings. The molecule has 0 saturated carbocycles. The number of carboxylic acid groups (broad SMARTS) is 1. The number of hydrogen-bond donors (Lipinski definition) is 3. The number of aliphatic carboxylic acids is 1. The van der Waals surface area contributed by atoms with Gasteiger partial charge in [0.05, 0.1) is 11.6 Å². The lowest BCUT2D eigenvalue weighted by Gasteiger charge is -2.34. The lowest BCUT2D eigenvalue weighted by atomic mass is 9.91. The fourth-order valence-corrected chi connectivity index (χ4v) is 3.39. The minimum atomic E-state index is -0.931. The second kappa shape index (κ2) is 6.70. The molecule has 2 aliphatic rings. The number of carbonyl (C=O) groups excluding carboxylic acids is 2. The Hall–Kier alpha value is -2.64. The summed E-state index contributed by atoms with van der Waals surface area (Å²) in [4.78, 5) is 36.4. The summed E-state index contributed by atoms with van der Waals surface area (Å²) in [5.74, 6) is -2.29. The summed E-state index contributed by atoms with van der Waals surface area (Å²) in [6, 6.07) is 2.20. The second-order valence-electron chi connectivity index (χ2n) is 6.75. The van der Waals surface area contributed by atoms with Gasteiger partial charge in [-0.3, -0.25) is 9.59 Å². The van der Waals surface area contributed by atoms with Gasteiger partial charge in [-0.05, 0) is 36.5 Å². The third-order valence-corrected chi connectivity index (χ3v) is 4.63.